The van der Waals surface area contributed by atoms with Crippen molar-refractivity contribution in [2.45, 2.75) is 31.0 Å². The first-order valence-electron chi connectivity index (χ1n) is 13.9. The van der Waals surface area contributed by atoms with E-state index in [0.29, 0.717) is 23.9 Å². The Morgan fingerprint density at radius 2 is 1.59 bits per heavy atom. The quantitative estimate of drug-likeness (QED) is 0.235. The molecule has 0 saturated carbocycles. The Bertz CT molecular complexity index is 1510. The van der Waals surface area contributed by atoms with Crippen LogP contribution in [-0.4, -0.2) is 42.2 Å². The van der Waals surface area contributed by atoms with Gasteiger partial charge in [0.15, 0.2) is 0 Å². The van der Waals surface area contributed by atoms with Crippen LogP contribution in [0.2, 0.25) is 0 Å². The molecule has 0 radical (unpaired) electrons. The minimum absolute atomic E-state index is 0.326. The molecule has 0 spiro atoms. The lowest BCUT2D eigenvalue weighted by atomic mass is 9.78. The van der Waals surface area contributed by atoms with E-state index >= 15 is 0 Å². The van der Waals surface area contributed by atoms with Crippen LogP contribution in [0.15, 0.2) is 103 Å². The number of thiazole rings is 1. The highest BCUT2D eigenvalue weighted by Crippen LogP contribution is 2.43. The molecule has 2 fully saturated rings. The highest BCUT2D eigenvalue weighted by molar-refractivity contribution is 7.21. The predicted octanol–water partition coefficient (Wildman–Crippen LogP) is 6.97. The van der Waals surface area contributed by atoms with Crippen LogP contribution in [0.4, 0.5) is 0 Å². The van der Waals surface area contributed by atoms with Gasteiger partial charge in [0, 0.05) is 42.2 Å². The normalized spacial score (nSPS) is 22.1. The van der Waals surface area contributed by atoms with E-state index in [4.69, 9.17) is 9.72 Å². The lowest BCUT2D eigenvalue weighted by Gasteiger charge is -2.39. The van der Waals surface area contributed by atoms with Gasteiger partial charge in [-0.2, -0.15) is 0 Å². The Morgan fingerprint density at radius 1 is 0.923 bits per heavy atom. The van der Waals surface area contributed by atoms with Gasteiger partial charge in [-0.15, -0.1) is 11.3 Å². The third kappa shape index (κ3) is 4.65. The maximum Gasteiger partial charge on any atom is 0.124 e. The molecule has 0 amide bonds. The summed E-state index contributed by atoms with van der Waals surface area (Å²) in [6.07, 6.45) is 1.26. The van der Waals surface area contributed by atoms with Gasteiger partial charge in [0.25, 0.3) is 0 Å². The van der Waals surface area contributed by atoms with Gasteiger partial charge >= 0.3 is 0 Å². The molecule has 196 valence electrons. The lowest BCUT2D eigenvalue weighted by Crippen LogP contribution is -2.50. The van der Waals surface area contributed by atoms with Crippen LogP contribution in [0.3, 0.4) is 0 Å². The van der Waals surface area contributed by atoms with Crippen LogP contribution in [0.25, 0.3) is 20.8 Å². The Balaban J connectivity index is 1.20. The summed E-state index contributed by atoms with van der Waals surface area (Å²) >= 11 is 1.72. The molecule has 4 aromatic carbocycles. The standard InChI is InChI=1S/C34H33N3OS/c1-38-29-20-30-28(36-34(39-30)25-15-9-4-10-16-25)19-27(29)21-35-32-26-17-18-37(22-26)33(32)31(23-11-5-2-6-12-23)24-13-7-3-8-14-24/h2-16,19-20,26,31-33,35H,17-18,21-22H2,1H3/t26-,32+,33-/m1/s1. The molecule has 2 saturated heterocycles. The third-order valence-corrected chi connectivity index (χ3v) is 9.62. The second-order valence-electron chi connectivity index (χ2n) is 10.8. The maximum absolute atomic E-state index is 5.89. The second-order valence-corrected chi connectivity index (χ2v) is 11.8. The second kappa shape index (κ2) is 10.6. The van der Waals surface area contributed by atoms with Gasteiger partial charge < -0.3 is 10.1 Å². The fourth-order valence-corrected chi connectivity index (χ4v) is 7.74. The van der Waals surface area contributed by atoms with Crippen molar-refractivity contribution in [2.24, 2.45) is 5.92 Å². The fraction of sp³-hybridized carbons (Fsp3) is 0.265. The first kappa shape index (κ1) is 24.5. The number of aromatic nitrogens is 1. The van der Waals surface area contributed by atoms with Crippen LogP contribution in [0.1, 0.15) is 29.0 Å². The van der Waals surface area contributed by atoms with Crippen molar-refractivity contribution in [3.8, 4) is 16.3 Å². The summed E-state index contributed by atoms with van der Waals surface area (Å²) in [5, 5.41) is 5.08. The van der Waals surface area contributed by atoms with Crippen molar-refractivity contribution >= 4 is 21.6 Å². The van der Waals surface area contributed by atoms with E-state index in [-0.39, 0.29) is 0 Å². The maximum atomic E-state index is 5.89. The first-order valence-corrected chi connectivity index (χ1v) is 14.7. The lowest BCUT2D eigenvalue weighted by molar-refractivity contribution is 0.197. The van der Waals surface area contributed by atoms with Gasteiger partial charge in [-0.25, -0.2) is 4.98 Å². The van der Waals surface area contributed by atoms with E-state index in [1.807, 2.05) is 6.07 Å². The summed E-state index contributed by atoms with van der Waals surface area (Å²) < 4.78 is 7.05. The molecular weight excluding hydrogens is 498 g/mol. The molecule has 7 rings (SSSR count). The average Bonchev–Trinajstić information content (AvgIpc) is 3.73. The number of hydrogen-bond acceptors (Lipinski definition) is 5. The largest absolute Gasteiger partial charge is 0.496 e. The summed E-state index contributed by atoms with van der Waals surface area (Å²) in [6.45, 7) is 3.11. The number of piperidine rings is 1. The summed E-state index contributed by atoms with van der Waals surface area (Å²) in [5.41, 5.74) is 6.15. The van der Waals surface area contributed by atoms with Gasteiger partial charge in [-0.05, 0) is 42.1 Å². The molecular formula is C34H33N3OS. The Labute approximate surface area is 234 Å². The monoisotopic (exact) mass is 531 g/mol. The minimum atomic E-state index is 0.326. The molecule has 0 aliphatic carbocycles. The predicted molar refractivity (Wildman–Crippen MR) is 160 cm³/mol. The average molecular weight is 532 g/mol. The zero-order chi connectivity index (χ0) is 26.2. The van der Waals surface area contributed by atoms with Gasteiger partial charge in [-0.3, -0.25) is 4.90 Å². The number of ether oxygens (including phenoxy) is 1. The van der Waals surface area contributed by atoms with Crippen LogP contribution in [-0.2, 0) is 6.54 Å². The number of nitrogens with one attached hydrogen (secondary N) is 1. The van der Waals surface area contributed by atoms with Gasteiger partial charge in [0.2, 0.25) is 0 Å². The highest BCUT2D eigenvalue weighted by Gasteiger charge is 2.49. The zero-order valence-electron chi connectivity index (χ0n) is 22.2. The molecule has 3 heterocycles. The first-order chi connectivity index (χ1) is 19.3. The van der Waals surface area contributed by atoms with E-state index in [2.05, 4.69) is 107 Å². The topological polar surface area (TPSA) is 37.4 Å². The molecule has 39 heavy (non-hydrogen) atoms. The van der Waals surface area contributed by atoms with Crippen molar-refractivity contribution in [3.63, 3.8) is 0 Å². The SMILES string of the molecule is COc1cc2sc(-c3ccccc3)nc2cc1CN[C@H]1[C@@H]2CCN(C2)[C@@H]1C(c1ccccc1)c1ccccc1. The van der Waals surface area contributed by atoms with Crippen molar-refractivity contribution in [2.75, 3.05) is 20.2 Å². The van der Waals surface area contributed by atoms with Crippen LogP contribution >= 0.6 is 11.3 Å². The molecule has 4 nitrogen and oxygen atoms in total. The summed E-state index contributed by atoms with van der Waals surface area (Å²) in [7, 11) is 1.77. The Morgan fingerprint density at radius 3 is 2.26 bits per heavy atom. The van der Waals surface area contributed by atoms with E-state index < -0.39 is 0 Å². The summed E-state index contributed by atoms with van der Waals surface area (Å²) in [5.74, 6) is 1.91. The molecule has 5 heteroatoms. The van der Waals surface area contributed by atoms with Gasteiger partial charge in [0.05, 0.1) is 17.3 Å². The van der Waals surface area contributed by atoms with Gasteiger partial charge in [-0.1, -0.05) is 91.0 Å². The third-order valence-electron chi connectivity index (χ3n) is 8.55. The van der Waals surface area contributed by atoms with E-state index in [9.17, 15) is 0 Å². The molecule has 1 N–H and O–H groups in total. The molecule has 2 aliphatic rings. The van der Waals surface area contributed by atoms with E-state index in [1.54, 1.807) is 18.4 Å². The van der Waals surface area contributed by atoms with Crippen LogP contribution in [0, 0.1) is 5.92 Å². The fourth-order valence-electron chi connectivity index (χ4n) is 6.76. The van der Waals surface area contributed by atoms with Crippen LogP contribution in [0.5, 0.6) is 5.75 Å². The number of rotatable bonds is 8. The Hall–Kier alpha value is -3.51. The van der Waals surface area contributed by atoms with Gasteiger partial charge in [0.1, 0.15) is 10.8 Å². The number of fused-ring (bicyclic) bond motifs is 3. The summed E-state index contributed by atoms with van der Waals surface area (Å²) in [6, 6.07) is 37.7. The minimum Gasteiger partial charge on any atom is -0.496 e. The molecule has 2 bridgehead atoms. The molecule has 4 atom stereocenters. The molecule has 1 aromatic heterocycles. The highest BCUT2D eigenvalue weighted by atomic mass is 32.1. The van der Waals surface area contributed by atoms with Crippen LogP contribution < -0.4 is 10.1 Å². The molecule has 5 aromatic rings. The van der Waals surface area contributed by atoms with E-state index in [1.165, 1.54) is 36.2 Å². The molecule has 2 aliphatic heterocycles. The number of benzene rings is 4. The van der Waals surface area contributed by atoms with Crippen molar-refractivity contribution in [1.29, 1.82) is 0 Å². The smallest absolute Gasteiger partial charge is 0.124 e. The van der Waals surface area contributed by atoms with E-state index in [0.717, 1.165) is 33.1 Å². The van der Waals surface area contributed by atoms with Crippen molar-refractivity contribution < 1.29 is 4.74 Å². The Kier molecular flexibility index (Phi) is 6.65. The molecule has 1 unspecified atom stereocenters. The number of nitrogens with zero attached hydrogens (tertiary/aromatic N) is 2. The van der Waals surface area contributed by atoms with Crippen molar-refractivity contribution in [1.82, 2.24) is 15.2 Å². The zero-order valence-corrected chi connectivity index (χ0v) is 23.0. The number of hydrogen-bond donors (Lipinski definition) is 1. The van der Waals surface area contributed by atoms with Crippen molar-refractivity contribution in [3.05, 3.63) is 120 Å². The summed E-state index contributed by atoms with van der Waals surface area (Å²) in [4.78, 5) is 7.71. The number of methoxy groups -OCH3 is 1.